The van der Waals surface area contributed by atoms with Gasteiger partial charge in [0.25, 0.3) is 0 Å². The van der Waals surface area contributed by atoms with Gasteiger partial charge in [0, 0.05) is 37.4 Å². The summed E-state index contributed by atoms with van der Waals surface area (Å²) in [6, 6.07) is 5.10. The van der Waals surface area contributed by atoms with Crippen molar-refractivity contribution in [3.8, 4) is 0 Å². The van der Waals surface area contributed by atoms with Crippen LogP contribution in [0, 0.1) is 5.82 Å². The van der Waals surface area contributed by atoms with Gasteiger partial charge in [0.05, 0.1) is 11.2 Å². The molecule has 2 aromatic rings. The molecule has 1 fully saturated rings. The van der Waals surface area contributed by atoms with Gasteiger partial charge in [-0.3, -0.25) is 4.98 Å². The molecule has 0 bridgehead atoms. The van der Waals surface area contributed by atoms with Crippen molar-refractivity contribution in [2.75, 3.05) is 43.9 Å². The fourth-order valence-corrected chi connectivity index (χ4v) is 3.00. The molecule has 1 saturated heterocycles. The highest BCUT2D eigenvalue weighted by Gasteiger charge is 2.17. The van der Waals surface area contributed by atoms with E-state index < -0.39 is 0 Å². The van der Waals surface area contributed by atoms with Crippen LogP contribution in [0.5, 0.6) is 0 Å². The Hall–Kier alpha value is -1.88. The standard InChI is InChI=1S/C16H21FN4/c1-20(9-10-21-7-2-3-8-21)16-13(17)11-14(18)12-5-4-6-19-15(12)16/h4-6,11H,2-3,7-10,18H2,1H3. The van der Waals surface area contributed by atoms with Gasteiger partial charge >= 0.3 is 0 Å². The number of benzene rings is 1. The van der Waals surface area contributed by atoms with E-state index in [2.05, 4.69) is 9.88 Å². The summed E-state index contributed by atoms with van der Waals surface area (Å²) in [6.07, 6.45) is 4.22. The summed E-state index contributed by atoms with van der Waals surface area (Å²) in [4.78, 5) is 8.69. The molecule has 0 radical (unpaired) electrons. The lowest BCUT2D eigenvalue weighted by atomic mass is 10.1. The maximum Gasteiger partial charge on any atom is 0.150 e. The number of halogens is 1. The second kappa shape index (κ2) is 5.85. The number of nitrogens with zero attached hydrogens (tertiary/aromatic N) is 3. The Morgan fingerprint density at radius 1 is 1.38 bits per heavy atom. The molecule has 1 aliphatic heterocycles. The molecule has 2 heterocycles. The Bertz CT molecular complexity index is 637. The zero-order chi connectivity index (χ0) is 14.8. The molecule has 0 amide bonds. The molecule has 1 aliphatic rings. The molecule has 1 aromatic carbocycles. The summed E-state index contributed by atoms with van der Waals surface area (Å²) in [5.41, 5.74) is 7.51. The highest BCUT2D eigenvalue weighted by atomic mass is 19.1. The van der Waals surface area contributed by atoms with Crippen LogP contribution in [0.1, 0.15) is 12.8 Å². The van der Waals surface area contributed by atoms with Crippen LogP contribution in [0.4, 0.5) is 15.8 Å². The van der Waals surface area contributed by atoms with Crippen LogP contribution < -0.4 is 10.6 Å². The van der Waals surface area contributed by atoms with Crippen LogP contribution in [0.15, 0.2) is 24.4 Å². The third-order valence-electron chi connectivity index (χ3n) is 4.18. The molecule has 0 unspecified atom stereocenters. The van der Waals surface area contributed by atoms with Gasteiger partial charge in [-0.15, -0.1) is 0 Å². The molecular formula is C16H21FN4. The maximum absolute atomic E-state index is 14.4. The van der Waals surface area contributed by atoms with Gasteiger partial charge in [0.1, 0.15) is 0 Å². The summed E-state index contributed by atoms with van der Waals surface area (Å²) in [5, 5.41) is 0.807. The first kappa shape index (κ1) is 14.1. The third-order valence-corrected chi connectivity index (χ3v) is 4.18. The fraction of sp³-hybridized carbons (Fsp3) is 0.438. The molecule has 3 rings (SSSR count). The number of nitrogens with two attached hydrogens (primary N) is 1. The van der Waals surface area contributed by atoms with E-state index in [9.17, 15) is 4.39 Å². The van der Waals surface area contributed by atoms with Crippen molar-refractivity contribution in [2.45, 2.75) is 12.8 Å². The van der Waals surface area contributed by atoms with Gasteiger partial charge in [0.2, 0.25) is 0 Å². The first-order valence-corrected chi connectivity index (χ1v) is 7.43. The van der Waals surface area contributed by atoms with Crippen molar-refractivity contribution in [1.29, 1.82) is 0 Å². The number of rotatable bonds is 4. The highest BCUT2D eigenvalue weighted by Crippen LogP contribution is 2.31. The normalized spacial score (nSPS) is 15.7. The van der Waals surface area contributed by atoms with Gasteiger partial charge in [-0.1, -0.05) is 0 Å². The van der Waals surface area contributed by atoms with Crippen LogP contribution in [-0.4, -0.2) is 43.1 Å². The van der Waals surface area contributed by atoms with Gasteiger partial charge in [-0.2, -0.15) is 0 Å². The van der Waals surface area contributed by atoms with Crippen molar-refractivity contribution < 1.29 is 4.39 Å². The number of hydrogen-bond donors (Lipinski definition) is 1. The van der Waals surface area contributed by atoms with E-state index in [4.69, 9.17) is 5.73 Å². The summed E-state index contributed by atoms with van der Waals surface area (Å²) in [6.45, 7) is 4.04. The number of likely N-dealkylation sites (N-methyl/N-ethyl adjacent to an activating group) is 1. The van der Waals surface area contributed by atoms with Crippen molar-refractivity contribution in [3.05, 3.63) is 30.2 Å². The minimum Gasteiger partial charge on any atom is -0.398 e. The first-order valence-electron chi connectivity index (χ1n) is 7.43. The van der Waals surface area contributed by atoms with E-state index in [0.717, 1.165) is 31.6 Å². The zero-order valence-corrected chi connectivity index (χ0v) is 12.3. The van der Waals surface area contributed by atoms with Gasteiger partial charge in [-0.25, -0.2) is 4.39 Å². The Kier molecular flexibility index (Phi) is 3.92. The number of hydrogen-bond acceptors (Lipinski definition) is 4. The molecule has 0 spiro atoms. The predicted molar refractivity (Wildman–Crippen MR) is 85.1 cm³/mol. The number of fused-ring (bicyclic) bond motifs is 1. The van der Waals surface area contributed by atoms with Crippen LogP contribution in [0.3, 0.4) is 0 Å². The Labute approximate surface area is 124 Å². The SMILES string of the molecule is CN(CCN1CCCC1)c1c(F)cc(N)c2cccnc12. The van der Waals surface area contributed by atoms with Gasteiger partial charge in [0.15, 0.2) is 5.82 Å². The van der Waals surface area contributed by atoms with E-state index in [1.54, 1.807) is 6.20 Å². The summed E-state index contributed by atoms with van der Waals surface area (Å²) in [7, 11) is 1.92. The molecule has 5 heteroatoms. The number of nitrogen functional groups attached to an aromatic ring is 1. The maximum atomic E-state index is 14.4. The van der Waals surface area contributed by atoms with Crippen molar-refractivity contribution in [3.63, 3.8) is 0 Å². The second-order valence-corrected chi connectivity index (χ2v) is 5.67. The topological polar surface area (TPSA) is 45.4 Å². The Morgan fingerprint density at radius 3 is 2.90 bits per heavy atom. The largest absolute Gasteiger partial charge is 0.398 e. The summed E-state index contributed by atoms with van der Waals surface area (Å²) >= 11 is 0. The lowest BCUT2D eigenvalue weighted by Gasteiger charge is -2.24. The van der Waals surface area contributed by atoms with Gasteiger partial charge < -0.3 is 15.5 Å². The van der Waals surface area contributed by atoms with Crippen LogP contribution >= 0.6 is 0 Å². The fourth-order valence-electron chi connectivity index (χ4n) is 3.00. The third kappa shape index (κ3) is 2.78. The monoisotopic (exact) mass is 288 g/mol. The lowest BCUT2D eigenvalue weighted by molar-refractivity contribution is 0.346. The smallest absolute Gasteiger partial charge is 0.150 e. The Morgan fingerprint density at radius 2 is 2.14 bits per heavy atom. The summed E-state index contributed by atoms with van der Waals surface area (Å²) < 4.78 is 14.4. The molecule has 4 nitrogen and oxygen atoms in total. The number of anilines is 2. The molecule has 1 aromatic heterocycles. The summed E-state index contributed by atoms with van der Waals surface area (Å²) in [5.74, 6) is -0.303. The number of likely N-dealkylation sites (tertiary alicyclic amines) is 1. The van der Waals surface area contributed by atoms with E-state index >= 15 is 0 Å². The molecule has 0 aliphatic carbocycles. The number of pyridine rings is 1. The molecule has 112 valence electrons. The minimum absolute atomic E-state index is 0.303. The zero-order valence-electron chi connectivity index (χ0n) is 12.3. The predicted octanol–water partition coefficient (Wildman–Crippen LogP) is 2.49. The van der Waals surface area contributed by atoms with Crippen molar-refractivity contribution in [1.82, 2.24) is 9.88 Å². The quantitative estimate of drug-likeness (QED) is 0.878. The van der Waals surface area contributed by atoms with Crippen LogP contribution in [0.25, 0.3) is 10.9 Å². The van der Waals surface area contributed by atoms with E-state index in [0.29, 0.717) is 16.9 Å². The average molecular weight is 288 g/mol. The Balaban J connectivity index is 1.88. The van der Waals surface area contributed by atoms with Gasteiger partial charge in [-0.05, 0) is 44.1 Å². The molecular weight excluding hydrogens is 267 g/mol. The van der Waals surface area contributed by atoms with E-state index in [1.165, 1.54) is 18.9 Å². The molecule has 0 atom stereocenters. The van der Waals surface area contributed by atoms with Crippen LogP contribution in [-0.2, 0) is 0 Å². The molecule has 21 heavy (non-hydrogen) atoms. The number of aromatic nitrogens is 1. The van der Waals surface area contributed by atoms with E-state index in [-0.39, 0.29) is 5.82 Å². The van der Waals surface area contributed by atoms with Crippen molar-refractivity contribution >= 4 is 22.3 Å². The second-order valence-electron chi connectivity index (χ2n) is 5.67. The highest BCUT2D eigenvalue weighted by molar-refractivity contribution is 5.98. The van der Waals surface area contributed by atoms with E-state index in [1.807, 2.05) is 24.1 Å². The first-order chi connectivity index (χ1) is 10.2. The van der Waals surface area contributed by atoms with Crippen LogP contribution in [0.2, 0.25) is 0 Å². The molecule has 0 saturated carbocycles. The average Bonchev–Trinajstić information content (AvgIpc) is 2.98. The lowest BCUT2D eigenvalue weighted by Crippen LogP contribution is -2.32. The van der Waals surface area contributed by atoms with Crippen molar-refractivity contribution in [2.24, 2.45) is 0 Å². The minimum atomic E-state index is -0.303. The molecule has 2 N–H and O–H groups in total.